The summed E-state index contributed by atoms with van der Waals surface area (Å²) >= 11 is 0. The Labute approximate surface area is 174 Å². The fourth-order valence-electron chi connectivity index (χ4n) is 4.47. The zero-order chi connectivity index (χ0) is 20.5. The minimum absolute atomic E-state index is 0.121. The van der Waals surface area contributed by atoms with Crippen LogP contribution in [0.1, 0.15) is 34.1 Å². The number of carbonyl (C=O) groups excluding carboxylic acids is 1. The lowest BCUT2D eigenvalue weighted by Gasteiger charge is -2.29. The normalized spacial score (nSPS) is 19.4. The van der Waals surface area contributed by atoms with Gasteiger partial charge in [0.25, 0.3) is 5.91 Å². The SMILES string of the molecule is O=C1c2oc3ccccc3c(=O)c2C(c2ccccc2)N1CCCN1CCOCC1. The number of benzene rings is 2. The molecule has 0 aliphatic carbocycles. The smallest absolute Gasteiger partial charge is 0.290 e. The Morgan fingerprint density at radius 1 is 0.900 bits per heavy atom. The Balaban J connectivity index is 1.51. The van der Waals surface area contributed by atoms with Gasteiger partial charge in [-0.05, 0) is 24.1 Å². The van der Waals surface area contributed by atoms with Crippen LogP contribution in [-0.4, -0.2) is 55.1 Å². The number of ether oxygens (including phenoxy) is 1. The topological polar surface area (TPSA) is 63.0 Å². The molecule has 2 aliphatic heterocycles. The molecule has 1 atom stereocenters. The first-order valence-corrected chi connectivity index (χ1v) is 10.5. The van der Waals surface area contributed by atoms with Gasteiger partial charge in [0, 0.05) is 26.2 Å². The van der Waals surface area contributed by atoms with Crippen molar-refractivity contribution in [2.45, 2.75) is 12.5 Å². The van der Waals surface area contributed by atoms with Crippen LogP contribution >= 0.6 is 0 Å². The quantitative estimate of drug-likeness (QED) is 0.654. The Morgan fingerprint density at radius 2 is 1.63 bits per heavy atom. The number of carbonyl (C=O) groups is 1. The van der Waals surface area contributed by atoms with Crippen molar-refractivity contribution < 1.29 is 13.9 Å². The molecule has 1 amide bonds. The predicted molar refractivity (Wildman–Crippen MR) is 114 cm³/mol. The van der Waals surface area contributed by atoms with Gasteiger partial charge in [-0.1, -0.05) is 42.5 Å². The number of amides is 1. The Kier molecular flexibility index (Phi) is 5.11. The summed E-state index contributed by atoms with van der Waals surface area (Å²) in [6.45, 7) is 4.81. The van der Waals surface area contributed by atoms with Gasteiger partial charge in [0.2, 0.25) is 5.76 Å². The van der Waals surface area contributed by atoms with Crippen molar-refractivity contribution in [1.29, 1.82) is 0 Å². The number of morpholine rings is 1. The molecule has 30 heavy (non-hydrogen) atoms. The highest BCUT2D eigenvalue weighted by atomic mass is 16.5. The van der Waals surface area contributed by atoms with E-state index in [2.05, 4.69) is 4.90 Å². The average Bonchev–Trinajstić information content (AvgIpc) is 3.07. The molecule has 0 spiro atoms. The summed E-state index contributed by atoms with van der Waals surface area (Å²) in [5, 5.41) is 0.514. The summed E-state index contributed by atoms with van der Waals surface area (Å²) in [5.74, 6) is -0.0254. The van der Waals surface area contributed by atoms with E-state index < -0.39 is 6.04 Å². The van der Waals surface area contributed by atoms with Gasteiger partial charge in [-0.25, -0.2) is 0 Å². The Bertz CT molecular complexity index is 1120. The van der Waals surface area contributed by atoms with E-state index >= 15 is 0 Å². The van der Waals surface area contributed by atoms with Crippen LogP contribution in [0.2, 0.25) is 0 Å². The number of rotatable bonds is 5. The summed E-state index contributed by atoms with van der Waals surface area (Å²) < 4.78 is 11.4. The highest BCUT2D eigenvalue weighted by Crippen LogP contribution is 2.38. The molecule has 2 aliphatic rings. The Hall–Kier alpha value is -2.96. The molecule has 0 N–H and O–H groups in total. The third-order valence-electron chi connectivity index (χ3n) is 5.97. The molecule has 6 heteroatoms. The monoisotopic (exact) mass is 404 g/mol. The van der Waals surface area contributed by atoms with E-state index in [4.69, 9.17) is 9.15 Å². The molecule has 2 aromatic carbocycles. The molecule has 3 aromatic rings. The van der Waals surface area contributed by atoms with Gasteiger partial charge in [-0.3, -0.25) is 14.5 Å². The molecule has 154 valence electrons. The van der Waals surface area contributed by atoms with Crippen LogP contribution in [0.5, 0.6) is 0 Å². The van der Waals surface area contributed by atoms with E-state index in [-0.39, 0.29) is 17.1 Å². The van der Waals surface area contributed by atoms with E-state index in [9.17, 15) is 9.59 Å². The molecule has 1 fully saturated rings. The largest absolute Gasteiger partial charge is 0.450 e. The summed E-state index contributed by atoms with van der Waals surface area (Å²) in [5.41, 5.74) is 1.72. The summed E-state index contributed by atoms with van der Waals surface area (Å²) in [4.78, 5) is 30.8. The lowest BCUT2D eigenvalue weighted by atomic mass is 9.98. The zero-order valence-electron chi connectivity index (χ0n) is 16.8. The van der Waals surface area contributed by atoms with Crippen molar-refractivity contribution in [2.75, 3.05) is 39.4 Å². The van der Waals surface area contributed by atoms with E-state index in [0.29, 0.717) is 23.1 Å². The molecule has 1 unspecified atom stereocenters. The van der Waals surface area contributed by atoms with Gasteiger partial charge in [0.1, 0.15) is 5.58 Å². The van der Waals surface area contributed by atoms with Gasteiger partial charge >= 0.3 is 0 Å². The molecule has 6 nitrogen and oxygen atoms in total. The first-order valence-electron chi connectivity index (χ1n) is 10.5. The van der Waals surface area contributed by atoms with Crippen molar-refractivity contribution in [1.82, 2.24) is 9.80 Å². The zero-order valence-corrected chi connectivity index (χ0v) is 16.8. The second-order valence-electron chi connectivity index (χ2n) is 7.79. The lowest BCUT2D eigenvalue weighted by molar-refractivity contribution is 0.0353. The van der Waals surface area contributed by atoms with Crippen LogP contribution in [0, 0.1) is 0 Å². The van der Waals surface area contributed by atoms with Crippen LogP contribution in [0.3, 0.4) is 0 Å². The van der Waals surface area contributed by atoms with Crippen LogP contribution in [0.25, 0.3) is 11.0 Å². The fourth-order valence-corrected chi connectivity index (χ4v) is 4.47. The van der Waals surface area contributed by atoms with Gasteiger partial charge < -0.3 is 14.1 Å². The summed E-state index contributed by atoms with van der Waals surface area (Å²) in [7, 11) is 0. The van der Waals surface area contributed by atoms with Gasteiger partial charge in [0.15, 0.2) is 5.43 Å². The van der Waals surface area contributed by atoms with E-state index in [1.807, 2.05) is 42.5 Å². The molecule has 5 rings (SSSR count). The lowest BCUT2D eigenvalue weighted by Crippen LogP contribution is -2.38. The minimum Gasteiger partial charge on any atom is -0.450 e. The molecular weight excluding hydrogens is 380 g/mol. The molecule has 0 saturated carbocycles. The van der Waals surface area contributed by atoms with Gasteiger partial charge in [0.05, 0.1) is 30.2 Å². The molecule has 1 saturated heterocycles. The third kappa shape index (κ3) is 3.32. The van der Waals surface area contributed by atoms with Crippen LogP contribution < -0.4 is 5.43 Å². The maximum Gasteiger partial charge on any atom is 0.290 e. The third-order valence-corrected chi connectivity index (χ3v) is 5.97. The minimum atomic E-state index is -0.417. The van der Waals surface area contributed by atoms with Crippen LogP contribution in [0.15, 0.2) is 63.8 Å². The molecule has 0 bridgehead atoms. The highest BCUT2D eigenvalue weighted by Gasteiger charge is 2.42. The second-order valence-corrected chi connectivity index (χ2v) is 7.79. The van der Waals surface area contributed by atoms with Crippen molar-refractivity contribution in [3.63, 3.8) is 0 Å². The Morgan fingerprint density at radius 3 is 2.43 bits per heavy atom. The van der Waals surface area contributed by atoms with Crippen molar-refractivity contribution >= 4 is 16.9 Å². The highest BCUT2D eigenvalue weighted by molar-refractivity contribution is 5.99. The first-order chi connectivity index (χ1) is 14.7. The van der Waals surface area contributed by atoms with Crippen molar-refractivity contribution in [3.8, 4) is 0 Å². The fraction of sp³-hybridized carbons (Fsp3) is 0.333. The molecule has 1 aromatic heterocycles. The van der Waals surface area contributed by atoms with E-state index in [1.165, 1.54) is 0 Å². The van der Waals surface area contributed by atoms with Gasteiger partial charge in [-0.2, -0.15) is 0 Å². The maximum absolute atomic E-state index is 13.4. The number of hydrogen-bond acceptors (Lipinski definition) is 5. The number of nitrogens with zero attached hydrogens (tertiary/aromatic N) is 2. The average molecular weight is 404 g/mol. The van der Waals surface area contributed by atoms with Crippen LogP contribution in [-0.2, 0) is 4.74 Å². The summed E-state index contributed by atoms with van der Waals surface area (Å²) in [6.07, 6.45) is 0.830. The number of para-hydroxylation sites is 1. The first kappa shape index (κ1) is 19.0. The summed E-state index contributed by atoms with van der Waals surface area (Å²) in [6, 6.07) is 16.5. The maximum atomic E-state index is 13.4. The number of hydrogen-bond donors (Lipinski definition) is 0. The molecule has 0 radical (unpaired) electrons. The van der Waals surface area contributed by atoms with Crippen LogP contribution in [0.4, 0.5) is 0 Å². The second kappa shape index (κ2) is 8.05. The number of fused-ring (bicyclic) bond motifs is 2. The molecule has 3 heterocycles. The molecular formula is C24H24N2O4. The van der Waals surface area contributed by atoms with Crippen molar-refractivity contribution in [2.24, 2.45) is 0 Å². The van der Waals surface area contributed by atoms with E-state index in [0.717, 1.165) is 44.8 Å². The van der Waals surface area contributed by atoms with Gasteiger partial charge in [-0.15, -0.1) is 0 Å². The standard InChI is InChI=1S/C24H24N2O4/c27-22-18-9-4-5-10-19(18)30-23-20(22)21(17-7-2-1-3-8-17)26(24(23)28)12-6-11-25-13-15-29-16-14-25/h1-5,7-10,21H,6,11-16H2. The van der Waals surface area contributed by atoms with E-state index in [1.54, 1.807) is 17.0 Å². The van der Waals surface area contributed by atoms with Crippen molar-refractivity contribution in [3.05, 3.63) is 81.7 Å². The predicted octanol–water partition coefficient (Wildman–Crippen LogP) is 3.06.